The second-order valence-electron chi connectivity index (χ2n) is 5.65. The van der Waals surface area contributed by atoms with E-state index in [9.17, 15) is 14.4 Å². The zero-order valence-corrected chi connectivity index (χ0v) is 13.5. The molecule has 0 spiro atoms. The number of hydrogen-bond acceptors (Lipinski definition) is 5. The Kier molecular flexibility index (Phi) is 8.15. The molecule has 2 atom stereocenters. The number of hydrogen-bond donors (Lipinski definition) is 1. The van der Waals surface area contributed by atoms with Crippen molar-refractivity contribution < 1.29 is 28.6 Å². The van der Waals surface area contributed by atoms with Gasteiger partial charge >= 0.3 is 12.2 Å². The summed E-state index contributed by atoms with van der Waals surface area (Å²) >= 11 is 0. The molecule has 1 aliphatic rings. The van der Waals surface area contributed by atoms with Gasteiger partial charge in [0.1, 0.15) is 12.1 Å². The number of nitrogens with zero attached hydrogens (tertiary/aromatic N) is 2. The van der Waals surface area contributed by atoms with Crippen molar-refractivity contribution in [2.75, 3.05) is 6.61 Å². The largest absolute Gasteiger partial charge is 0.461 e. The maximum atomic E-state index is 12.2. The van der Waals surface area contributed by atoms with Gasteiger partial charge in [-0.1, -0.05) is 0 Å². The highest BCUT2D eigenvalue weighted by atomic mass is 16.5. The fourth-order valence-electron chi connectivity index (χ4n) is 2.19. The maximum Gasteiger partial charge on any atom is 0.328 e. The Balaban J connectivity index is 2.65. The summed E-state index contributed by atoms with van der Waals surface area (Å²) in [5, 5.41) is 2.59. The number of Topliss-reactive ketones (excluding diaryl/α,β-unsaturated/α-hetero) is 1. The van der Waals surface area contributed by atoms with Crippen molar-refractivity contribution in [3.05, 3.63) is 5.53 Å². The van der Waals surface area contributed by atoms with Crippen molar-refractivity contribution in [3.8, 4) is 0 Å². The third kappa shape index (κ3) is 7.17. The average molecular weight is 325 g/mol. The first-order valence-corrected chi connectivity index (χ1v) is 7.76. The van der Waals surface area contributed by atoms with E-state index in [-0.39, 0.29) is 24.9 Å². The van der Waals surface area contributed by atoms with Crippen molar-refractivity contribution >= 4 is 23.9 Å². The number of carbonyl (C=O) groups is 3. The van der Waals surface area contributed by atoms with Crippen LogP contribution in [0.15, 0.2) is 0 Å². The first-order valence-electron chi connectivity index (χ1n) is 7.76. The quantitative estimate of drug-likeness (QED) is 0.304. The van der Waals surface area contributed by atoms with Gasteiger partial charge in [-0.3, -0.25) is 9.59 Å². The molecule has 0 unspecified atom stereocenters. The van der Waals surface area contributed by atoms with Crippen molar-refractivity contribution in [2.24, 2.45) is 0 Å². The number of amides is 1. The number of ether oxygens (including phenoxy) is 2. The molecule has 1 aliphatic heterocycles. The Bertz CT molecular complexity index is 480. The molecule has 0 aromatic heterocycles. The van der Waals surface area contributed by atoms with Crippen LogP contribution in [0.25, 0.3) is 5.53 Å². The third-order valence-electron chi connectivity index (χ3n) is 3.31. The second kappa shape index (κ2) is 9.86. The summed E-state index contributed by atoms with van der Waals surface area (Å²) in [6.07, 6.45) is 2.28. The van der Waals surface area contributed by atoms with Gasteiger partial charge in [0.05, 0.1) is 6.10 Å². The third-order valence-corrected chi connectivity index (χ3v) is 3.31. The highest BCUT2D eigenvalue weighted by Gasteiger charge is 2.29. The molecule has 128 valence electrons. The highest BCUT2D eigenvalue weighted by molar-refractivity contribution is 6.25. The number of ketones is 1. The van der Waals surface area contributed by atoms with Crippen molar-refractivity contribution in [2.45, 2.75) is 64.2 Å². The van der Waals surface area contributed by atoms with E-state index in [4.69, 9.17) is 15.0 Å². The van der Waals surface area contributed by atoms with Gasteiger partial charge in [0.2, 0.25) is 11.7 Å². The van der Waals surface area contributed by atoms with Crippen molar-refractivity contribution in [3.63, 3.8) is 0 Å². The molecule has 0 radical (unpaired) electrons. The lowest BCUT2D eigenvalue weighted by Crippen LogP contribution is -2.48. The van der Waals surface area contributed by atoms with Gasteiger partial charge < -0.3 is 20.3 Å². The molecule has 0 aromatic rings. The van der Waals surface area contributed by atoms with E-state index in [1.54, 1.807) is 13.8 Å². The minimum Gasteiger partial charge on any atom is -0.461 e. The average Bonchev–Trinajstić information content (AvgIpc) is 2.51. The molecule has 0 saturated carbocycles. The van der Waals surface area contributed by atoms with Crippen LogP contribution < -0.4 is 5.32 Å². The summed E-state index contributed by atoms with van der Waals surface area (Å²) in [6.45, 7) is 3.92. The molecule has 1 N–H and O–H groups in total. The molecule has 0 aliphatic carbocycles. The zero-order valence-electron chi connectivity index (χ0n) is 13.5. The summed E-state index contributed by atoms with van der Waals surface area (Å²) in [5.41, 5.74) is 8.32. The summed E-state index contributed by atoms with van der Waals surface area (Å²) in [5.74, 6) is -1.42. The normalized spacial score (nSPS) is 18.7. The molecule has 1 amide bonds. The number of esters is 1. The summed E-state index contributed by atoms with van der Waals surface area (Å²) in [4.78, 5) is 38.3. The Hall–Kier alpha value is -2.05. The molecule has 1 saturated heterocycles. The van der Waals surface area contributed by atoms with Crippen LogP contribution in [0.5, 0.6) is 0 Å². The van der Waals surface area contributed by atoms with E-state index in [2.05, 4.69) is 10.1 Å². The Morgan fingerprint density at radius 3 is 2.70 bits per heavy atom. The number of rotatable bonds is 8. The molecular formula is C15H23N3O5. The van der Waals surface area contributed by atoms with Crippen molar-refractivity contribution in [1.29, 1.82) is 0 Å². The van der Waals surface area contributed by atoms with E-state index in [0.717, 1.165) is 19.1 Å². The van der Waals surface area contributed by atoms with E-state index in [1.165, 1.54) is 0 Å². The lowest BCUT2D eigenvalue weighted by molar-refractivity contribution is -0.153. The number of nitrogens with one attached hydrogen (secondary N) is 1. The van der Waals surface area contributed by atoms with E-state index in [1.807, 2.05) is 0 Å². The minimum atomic E-state index is -0.938. The van der Waals surface area contributed by atoms with Crippen LogP contribution in [0.2, 0.25) is 0 Å². The minimum absolute atomic E-state index is 0.0479. The molecule has 1 rings (SSSR count). The highest BCUT2D eigenvalue weighted by Crippen LogP contribution is 2.13. The summed E-state index contributed by atoms with van der Waals surface area (Å²) in [7, 11) is 0. The van der Waals surface area contributed by atoms with E-state index >= 15 is 0 Å². The van der Waals surface area contributed by atoms with Crippen LogP contribution in [0.3, 0.4) is 0 Å². The van der Waals surface area contributed by atoms with E-state index < -0.39 is 23.9 Å². The fourth-order valence-corrected chi connectivity index (χ4v) is 2.19. The Morgan fingerprint density at radius 2 is 2.13 bits per heavy atom. The van der Waals surface area contributed by atoms with Gasteiger partial charge in [-0.05, 0) is 39.5 Å². The first kappa shape index (κ1) is 19.0. The molecule has 0 aromatic carbocycles. The smallest absolute Gasteiger partial charge is 0.328 e. The second-order valence-corrected chi connectivity index (χ2v) is 5.65. The first-order chi connectivity index (χ1) is 10.9. The molecule has 8 nitrogen and oxygen atoms in total. The predicted molar refractivity (Wildman–Crippen MR) is 80.7 cm³/mol. The van der Waals surface area contributed by atoms with Crippen LogP contribution >= 0.6 is 0 Å². The van der Waals surface area contributed by atoms with Gasteiger partial charge in [-0.15, -0.1) is 0 Å². The lowest BCUT2D eigenvalue weighted by Gasteiger charge is -2.24. The van der Waals surface area contributed by atoms with Crippen molar-refractivity contribution in [1.82, 2.24) is 5.32 Å². The molecule has 8 heteroatoms. The van der Waals surface area contributed by atoms with Crippen LogP contribution in [0.1, 0.15) is 46.0 Å². The van der Waals surface area contributed by atoms with Gasteiger partial charge in [0.25, 0.3) is 0 Å². The van der Waals surface area contributed by atoms with E-state index in [0.29, 0.717) is 13.0 Å². The molecule has 1 fully saturated rings. The van der Waals surface area contributed by atoms with Crippen LogP contribution in [-0.4, -0.2) is 53.5 Å². The fraction of sp³-hybridized carbons (Fsp3) is 0.733. The van der Waals surface area contributed by atoms with Gasteiger partial charge in [0.15, 0.2) is 0 Å². The maximum absolute atomic E-state index is 12.2. The molecule has 0 bridgehead atoms. The molecular weight excluding hydrogens is 302 g/mol. The SMILES string of the molecule is CC(C)OC(=O)[C@H](CCC(=O)C=[N+]=[N-])NC(=O)[C@H]1CCCCO1. The molecule has 1 heterocycles. The van der Waals surface area contributed by atoms with Gasteiger partial charge in [-0.2, -0.15) is 4.79 Å². The zero-order chi connectivity index (χ0) is 17.2. The number of carbonyl (C=O) groups excluding carboxylic acids is 3. The summed E-state index contributed by atoms with van der Waals surface area (Å²) < 4.78 is 10.5. The topological polar surface area (TPSA) is 118 Å². The van der Waals surface area contributed by atoms with Gasteiger partial charge in [-0.25, -0.2) is 4.79 Å². The lowest BCUT2D eigenvalue weighted by atomic mass is 10.1. The van der Waals surface area contributed by atoms with Gasteiger partial charge in [0, 0.05) is 13.0 Å². The molecule has 23 heavy (non-hydrogen) atoms. The summed E-state index contributed by atoms with van der Waals surface area (Å²) in [6, 6.07) is -0.938. The monoisotopic (exact) mass is 325 g/mol. The predicted octanol–water partition coefficient (Wildman–Crippen LogP) is 0.642. The van der Waals surface area contributed by atoms with Crippen LogP contribution in [0, 0.1) is 0 Å². The van der Waals surface area contributed by atoms with Crippen LogP contribution in [-0.2, 0) is 23.9 Å². The Labute approximate surface area is 135 Å². The standard InChI is InChI=1S/C15H23N3O5/c1-10(2)23-15(21)12(7-6-11(19)9-17-16)18-14(20)13-5-3-4-8-22-13/h9-10,12-13H,3-8H2,1-2H3,(H,18,20)/t12-,13+/m0/s1. The Morgan fingerprint density at radius 1 is 1.39 bits per heavy atom. The van der Waals surface area contributed by atoms with Crippen LogP contribution in [0.4, 0.5) is 0 Å².